The van der Waals surface area contributed by atoms with E-state index in [9.17, 15) is 0 Å². The average Bonchev–Trinajstić information content (AvgIpc) is 0.733. The molecular formula is C110H162O4. The molecule has 626 valence electrons. The zero-order valence-electron chi connectivity index (χ0n) is 73.4. The Morgan fingerprint density at radius 3 is 0.544 bits per heavy atom. The molecule has 0 radical (unpaired) electrons. The van der Waals surface area contributed by atoms with Crippen molar-refractivity contribution in [3.05, 3.63) is 203 Å². The molecule has 0 bridgehead atoms. The van der Waals surface area contributed by atoms with Crippen molar-refractivity contribution in [2.45, 2.75) is 399 Å². The van der Waals surface area contributed by atoms with E-state index in [1.807, 2.05) is 0 Å². The average molecular weight is 1550 g/mol. The maximum Gasteiger partial charge on any atom is 0.119 e. The number of hydrogen-bond donors (Lipinski definition) is 0. The first-order valence-corrected chi connectivity index (χ1v) is 48.5. The van der Waals surface area contributed by atoms with Crippen molar-refractivity contribution in [3.8, 4) is 34.1 Å². The topological polar surface area (TPSA) is 36.9 Å². The lowest BCUT2D eigenvalue weighted by molar-refractivity contribution is 0.304. The molecule has 0 aliphatic rings. The van der Waals surface area contributed by atoms with E-state index in [4.69, 9.17) is 18.9 Å². The molecule has 0 fully saturated rings. The molecule has 0 saturated heterocycles. The third-order valence-corrected chi connectivity index (χ3v) is 24.7. The summed E-state index contributed by atoms with van der Waals surface area (Å²) in [5, 5.41) is 4.95. The van der Waals surface area contributed by atoms with E-state index < -0.39 is 0 Å². The summed E-state index contributed by atoms with van der Waals surface area (Å²) in [6.45, 7) is 12.2. The second-order valence-corrected chi connectivity index (χ2v) is 34.4. The van der Waals surface area contributed by atoms with Crippen molar-refractivity contribution < 1.29 is 18.9 Å². The van der Waals surface area contributed by atoms with E-state index in [1.165, 1.54) is 400 Å². The Bertz CT molecular complexity index is 3230. The molecule has 0 heterocycles. The van der Waals surface area contributed by atoms with Gasteiger partial charge in [0.15, 0.2) is 0 Å². The van der Waals surface area contributed by atoms with Crippen molar-refractivity contribution in [1.82, 2.24) is 0 Å². The summed E-state index contributed by atoms with van der Waals surface area (Å²) in [7, 11) is 0. The van der Waals surface area contributed by atoms with Crippen LogP contribution in [0.2, 0.25) is 0 Å². The van der Waals surface area contributed by atoms with Crippen LogP contribution in [0.5, 0.6) is 23.0 Å². The molecule has 4 nitrogen and oxygen atoms in total. The van der Waals surface area contributed by atoms with E-state index in [1.54, 1.807) is 0 Å². The van der Waals surface area contributed by atoms with Crippen LogP contribution in [-0.2, 0) is 0 Å². The van der Waals surface area contributed by atoms with Gasteiger partial charge in [0.05, 0.1) is 26.4 Å². The van der Waals surface area contributed by atoms with Crippen LogP contribution in [0.3, 0.4) is 0 Å². The Kier molecular flexibility index (Phi) is 49.7. The maximum absolute atomic E-state index is 6.61. The van der Waals surface area contributed by atoms with Crippen LogP contribution in [0.1, 0.15) is 432 Å². The minimum Gasteiger partial charge on any atom is -0.494 e. The molecule has 114 heavy (non-hydrogen) atoms. The van der Waals surface area contributed by atoms with Gasteiger partial charge >= 0.3 is 0 Å². The molecule has 0 aliphatic carbocycles. The number of benzene rings is 8. The van der Waals surface area contributed by atoms with E-state index in [0.29, 0.717) is 0 Å². The van der Waals surface area contributed by atoms with Crippen LogP contribution in [0.25, 0.3) is 32.7 Å². The van der Waals surface area contributed by atoms with E-state index in [-0.39, 0.29) is 11.8 Å². The van der Waals surface area contributed by atoms with Crippen molar-refractivity contribution >= 4 is 21.5 Å². The Morgan fingerprint density at radius 1 is 0.175 bits per heavy atom. The fourth-order valence-corrected chi connectivity index (χ4v) is 17.7. The molecular weight excluding hydrogens is 1390 g/mol. The van der Waals surface area contributed by atoms with Crippen LogP contribution in [-0.4, -0.2) is 26.4 Å². The van der Waals surface area contributed by atoms with Crippen LogP contribution >= 0.6 is 0 Å². The fourth-order valence-electron chi connectivity index (χ4n) is 17.7. The van der Waals surface area contributed by atoms with Crippen molar-refractivity contribution in [1.29, 1.82) is 0 Å². The normalized spacial score (nSPS) is 11.7. The van der Waals surface area contributed by atoms with E-state index in [0.717, 1.165) is 75.1 Å². The van der Waals surface area contributed by atoms with Gasteiger partial charge in [-0.05, 0) is 140 Å². The zero-order valence-corrected chi connectivity index (χ0v) is 73.4. The molecule has 8 aromatic rings. The molecule has 0 amide bonds. The Labute approximate surface area is 699 Å². The summed E-state index contributed by atoms with van der Waals surface area (Å²) in [4.78, 5) is 0. The highest BCUT2D eigenvalue weighted by molar-refractivity contribution is 6.08. The molecule has 8 rings (SSSR count). The summed E-state index contributed by atoms with van der Waals surface area (Å²) in [5.41, 5.74) is 10.0. The van der Waals surface area contributed by atoms with Crippen LogP contribution in [0, 0.1) is 0 Å². The molecule has 0 atom stereocenters. The first-order chi connectivity index (χ1) is 56.6. The predicted molar refractivity (Wildman–Crippen MR) is 498 cm³/mol. The second-order valence-electron chi connectivity index (χ2n) is 34.4. The maximum atomic E-state index is 6.61. The van der Waals surface area contributed by atoms with Crippen LogP contribution in [0.4, 0.5) is 0 Å². The first-order valence-electron chi connectivity index (χ1n) is 48.5. The molecule has 0 unspecified atom stereocenters. The Hall–Kier alpha value is -6.52. The lowest BCUT2D eigenvalue weighted by atomic mass is 9.75. The second kappa shape index (κ2) is 60.9. The summed E-state index contributed by atoms with van der Waals surface area (Å²) >= 11 is 0. The molecule has 0 N–H and O–H groups in total. The van der Waals surface area contributed by atoms with Crippen LogP contribution in [0.15, 0.2) is 170 Å². The zero-order chi connectivity index (χ0) is 79.4. The number of fused-ring (bicyclic) bond motifs is 2. The minimum absolute atomic E-state index is 0.123. The summed E-state index contributed by atoms with van der Waals surface area (Å²) in [6.07, 6.45) is 75.6. The lowest BCUT2D eigenvalue weighted by Gasteiger charge is -2.28. The third kappa shape index (κ3) is 36.6. The molecule has 0 aliphatic heterocycles. The lowest BCUT2D eigenvalue weighted by Crippen LogP contribution is -2.10. The van der Waals surface area contributed by atoms with Gasteiger partial charge in [-0.25, -0.2) is 0 Å². The summed E-state index contributed by atoms with van der Waals surface area (Å²) in [5.74, 6) is 3.51. The monoisotopic (exact) mass is 1550 g/mol. The van der Waals surface area contributed by atoms with Crippen molar-refractivity contribution in [3.63, 3.8) is 0 Å². The van der Waals surface area contributed by atoms with Gasteiger partial charge in [0, 0.05) is 11.8 Å². The summed E-state index contributed by atoms with van der Waals surface area (Å²) in [6, 6.07) is 64.6. The van der Waals surface area contributed by atoms with Crippen molar-refractivity contribution in [2.75, 3.05) is 26.4 Å². The highest BCUT2D eigenvalue weighted by Crippen LogP contribution is 2.49. The Morgan fingerprint density at radius 2 is 0.351 bits per heavy atom. The largest absolute Gasteiger partial charge is 0.494 e. The van der Waals surface area contributed by atoms with Gasteiger partial charge in [0.2, 0.25) is 0 Å². The van der Waals surface area contributed by atoms with Crippen molar-refractivity contribution in [2.24, 2.45) is 0 Å². The van der Waals surface area contributed by atoms with Gasteiger partial charge in [-0.2, -0.15) is 0 Å². The van der Waals surface area contributed by atoms with Gasteiger partial charge in [0.1, 0.15) is 23.0 Å². The predicted octanol–water partition coefficient (Wildman–Crippen LogP) is 35.5. The quantitative estimate of drug-likeness (QED) is 0.0281. The van der Waals surface area contributed by atoms with E-state index in [2.05, 4.69) is 198 Å². The third-order valence-electron chi connectivity index (χ3n) is 24.7. The minimum atomic E-state index is -0.123. The fraction of sp³-hybridized carbons (Fsp3) is 0.600. The van der Waals surface area contributed by atoms with Gasteiger partial charge < -0.3 is 18.9 Å². The number of unbranched alkanes of at least 4 members (excludes halogenated alkanes) is 52. The van der Waals surface area contributed by atoms with Gasteiger partial charge in [-0.1, -0.05) is 483 Å². The van der Waals surface area contributed by atoms with Crippen LogP contribution < -0.4 is 18.9 Å². The number of hydrogen-bond acceptors (Lipinski definition) is 4. The van der Waals surface area contributed by atoms with Gasteiger partial charge in [0.25, 0.3) is 0 Å². The molecule has 8 aromatic carbocycles. The number of ether oxygens (including phenoxy) is 4. The first kappa shape index (κ1) is 93.0. The molecule has 0 aromatic heterocycles. The highest BCUT2D eigenvalue weighted by atomic mass is 16.5. The van der Waals surface area contributed by atoms with Gasteiger partial charge in [-0.3, -0.25) is 0 Å². The van der Waals surface area contributed by atoms with Gasteiger partial charge in [-0.15, -0.1) is 0 Å². The molecule has 0 spiro atoms. The van der Waals surface area contributed by atoms with E-state index >= 15 is 0 Å². The number of rotatable bonds is 71. The molecule has 4 heteroatoms. The Balaban J connectivity index is 1.03. The summed E-state index contributed by atoms with van der Waals surface area (Å²) < 4.78 is 26.4. The standard InChI is InChI=1S/C110H162O4/c1-5-9-13-17-21-25-29-33-37-41-45-49-53-61-89-111-99-79-69-95(70-80-99)107(96-71-81-100(82-72-96)112-90-62-54-50-46-42-38-34-30-26-22-18-14-10-6-2)105-87-77-93-65-57-59-67-103(93)109(105)110-104-68-60-58-66-94(104)78-88-106(110)108(97-73-83-101(84-74-97)113-91-63-55-51-47-43-39-35-31-27-23-19-15-11-7-3)98-75-85-102(86-76-98)114-92-64-56-52-48-44-40-36-32-28-24-20-16-12-8-4/h57-60,65-88,107-108H,5-56,61-64,89-92H2,1-4H3. The molecule has 0 saturated carbocycles. The SMILES string of the molecule is CCCCCCCCCCCCCCCCOc1ccc(C(c2ccc(OCCCCCCCCCCCCCCCC)cc2)c2ccc3ccccc3c2-c2c(C(c3ccc(OCCCCCCCCCCCCCCCC)cc3)c3ccc(OCCCCCCCCCCCCCCCC)cc3)ccc3ccccc23)cc1. The smallest absolute Gasteiger partial charge is 0.119 e. The highest BCUT2D eigenvalue weighted by Gasteiger charge is 2.29.